The molecule has 0 saturated heterocycles. The number of oxime groups is 1. The Hall–Kier alpha value is -3.85. The van der Waals surface area contributed by atoms with Crippen LogP contribution >= 0.6 is 0 Å². The minimum atomic E-state index is -3.68. The highest BCUT2D eigenvalue weighted by atomic mass is 32.2. The minimum Gasteiger partial charge on any atom is -0.387 e. The zero-order valence-corrected chi connectivity index (χ0v) is 18.7. The summed E-state index contributed by atoms with van der Waals surface area (Å²) in [4.78, 5) is 18.1. The Bertz CT molecular complexity index is 1350. The third-order valence-electron chi connectivity index (χ3n) is 5.09. The first-order valence-electron chi connectivity index (χ1n) is 10.2. The number of ketones is 1. The van der Waals surface area contributed by atoms with Gasteiger partial charge < -0.3 is 9.02 Å². The fourth-order valence-electron chi connectivity index (χ4n) is 3.54. The summed E-state index contributed by atoms with van der Waals surface area (Å²) >= 11 is 0. The summed E-state index contributed by atoms with van der Waals surface area (Å²) in [6.45, 7) is 0. The summed E-state index contributed by atoms with van der Waals surface area (Å²) in [6.07, 6.45) is 3.15. The van der Waals surface area contributed by atoms with Gasteiger partial charge >= 0.3 is 10.1 Å². The summed E-state index contributed by atoms with van der Waals surface area (Å²) < 4.78 is 54.2. The second kappa shape index (κ2) is 9.56. The average Bonchev–Trinajstić information content (AvgIpc) is 3.22. The van der Waals surface area contributed by atoms with Gasteiger partial charge in [0, 0.05) is 11.1 Å². The number of benzene rings is 3. The van der Waals surface area contributed by atoms with Crippen molar-refractivity contribution >= 4 is 21.6 Å². The lowest BCUT2D eigenvalue weighted by Crippen LogP contribution is -2.21. The van der Waals surface area contributed by atoms with E-state index in [1.807, 2.05) is 0 Å². The van der Waals surface area contributed by atoms with Crippen molar-refractivity contribution < 1.29 is 31.0 Å². The SMILES string of the molecule is CS(=O)(=O)Oc1ccc([C@H]2C(c3ccc(F)cc3)=NO[C@@H]2/C=C/C(=O)c2ccc(F)cc2)cc1. The lowest BCUT2D eigenvalue weighted by molar-refractivity contribution is 0.102. The maximum Gasteiger partial charge on any atom is 0.306 e. The molecule has 0 fully saturated rings. The van der Waals surface area contributed by atoms with E-state index in [4.69, 9.17) is 9.02 Å². The van der Waals surface area contributed by atoms with Crippen LogP contribution in [0.2, 0.25) is 0 Å². The van der Waals surface area contributed by atoms with Crippen molar-refractivity contribution in [1.82, 2.24) is 0 Å². The third-order valence-corrected chi connectivity index (χ3v) is 5.58. The van der Waals surface area contributed by atoms with Gasteiger partial charge in [-0.2, -0.15) is 8.42 Å². The molecule has 1 heterocycles. The van der Waals surface area contributed by atoms with Crippen molar-refractivity contribution in [3.63, 3.8) is 0 Å². The van der Waals surface area contributed by atoms with Crippen molar-refractivity contribution in [3.05, 3.63) is 113 Å². The highest BCUT2D eigenvalue weighted by Gasteiger charge is 2.35. The summed E-state index contributed by atoms with van der Waals surface area (Å²) in [7, 11) is -3.68. The normalized spacial score (nSPS) is 17.9. The van der Waals surface area contributed by atoms with Gasteiger partial charge in [-0.05, 0) is 66.2 Å². The van der Waals surface area contributed by atoms with Crippen LogP contribution in [-0.2, 0) is 15.0 Å². The third kappa shape index (κ3) is 5.55. The van der Waals surface area contributed by atoms with Crippen molar-refractivity contribution in [2.75, 3.05) is 6.26 Å². The Kier molecular flexibility index (Phi) is 6.56. The number of halogens is 2. The highest BCUT2D eigenvalue weighted by Crippen LogP contribution is 2.34. The van der Waals surface area contributed by atoms with E-state index in [0.717, 1.165) is 6.26 Å². The van der Waals surface area contributed by atoms with E-state index in [-0.39, 0.29) is 11.5 Å². The van der Waals surface area contributed by atoms with Crippen LogP contribution in [0, 0.1) is 11.6 Å². The van der Waals surface area contributed by atoms with Gasteiger partial charge in [-0.25, -0.2) is 8.78 Å². The van der Waals surface area contributed by atoms with Gasteiger partial charge in [-0.3, -0.25) is 4.79 Å². The molecule has 1 aliphatic rings. The second-order valence-corrected chi connectivity index (χ2v) is 9.19. The molecule has 0 amide bonds. The van der Waals surface area contributed by atoms with E-state index >= 15 is 0 Å². The molecule has 0 aromatic heterocycles. The van der Waals surface area contributed by atoms with E-state index < -0.39 is 33.8 Å². The van der Waals surface area contributed by atoms with Crippen molar-refractivity contribution in [3.8, 4) is 5.75 Å². The molecule has 9 heteroatoms. The van der Waals surface area contributed by atoms with E-state index in [1.165, 1.54) is 54.6 Å². The van der Waals surface area contributed by atoms with Gasteiger partial charge in [0.1, 0.15) is 17.4 Å². The van der Waals surface area contributed by atoms with Crippen LogP contribution in [0.4, 0.5) is 8.78 Å². The Balaban J connectivity index is 1.64. The molecular weight excluding hydrogens is 464 g/mol. The van der Waals surface area contributed by atoms with E-state index in [0.29, 0.717) is 22.4 Å². The molecule has 0 spiro atoms. The fourth-order valence-corrected chi connectivity index (χ4v) is 4.00. The van der Waals surface area contributed by atoms with Gasteiger partial charge in [0.05, 0.1) is 17.9 Å². The molecule has 174 valence electrons. The molecule has 2 atom stereocenters. The molecule has 34 heavy (non-hydrogen) atoms. The number of hydrogen-bond acceptors (Lipinski definition) is 6. The molecule has 3 aromatic carbocycles. The number of carbonyl (C=O) groups excluding carboxylic acids is 1. The van der Waals surface area contributed by atoms with Crippen LogP contribution in [0.25, 0.3) is 0 Å². The molecule has 1 aliphatic heterocycles. The number of nitrogens with zero attached hydrogens (tertiary/aromatic N) is 1. The molecule has 6 nitrogen and oxygen atoms in total. The van der Waals surface area contributed by atoms with Crippen LogP contribution in [0.1, 0.15) is 27.4 Å². The van der Waals surface area contributed by atoms with Crippen LogP contribution < -0.4 is 4.18 Å². The fraction of sp³-hybridized carbons (Fsp3) is 0.120. The van der Waals surface area contributed by atoms with Crippen LogP contribution in [-0.4, -0.2) is 32.3 Å². The minimum absolute atomic E-state index is 0.143. The summed E-state index contributed by atoms with van der Waals surface area (Å²) in [5, 5.41) is 4.17. The van der Waals surface area contributed by atoms with Gasteiger partial charge in [0.25, 0.3) is 0 Å². The zero-order valence-electron chi connectivity index (χ0n) is 17.9. The average molecular weight is 483 g/mol. The Morgan fingerprint density at radius 2 is 1.53 bits per heavy atom. The molecule has 0 radical (unpaired) electrons. The Morgan fingerprint density at radius 3 is 2.12 bits per heavy atom. The quantitative estimate of drug-likeness (QED) is 0.278. The van der Waals surface area contributed by atoms with Crippen LogP contribution in [0.5, 0.6) is 5.75 Å². The lowest BCUT2D eigenvalue weighted by Gasteiger charge is -2.17. The maximum absolute atomic E-state index is 13.4. The van der Waals surface area contributed by atoms with E-state index in [2.05, 4.69) is 5.16 Å². The molecule has 4 rings (SSSR count). The number of allylic oxidation sites excluding steroid dienone is 1. The molecule has 0 N–H and O–H groups in total. The van der Waals surface area contributed by atoms with Crippen LogP contribution in [0.3, 0.4) is 0 Å². The van der Waals surface area contributed by atoms with Gasteiger partial charge in [-0.1, -0.05) is 29.4 Å². The molecule has 0 unspecified atom stereocenters. The lowest BCUT2D eigenvalue weighted by atomic mass is 9.85. The summed E-state index contributed by atoms with van der Waals surface area (Å²) in [5.74, 6) is -1.52. The van der Waals surface area contributed by atoms with Crippen molar-refractivity contribution in [1.29, 1.82) is 0 Å². The molecule has 0 bridgehead atoms. The molecule has 0 aliphatic carbocycles. The van der Waals surface area contributed by atoms with Crippen molar-refractivity contribution in [2.24, 2.45) is 5.16 Å². The molecule has 3 aromatic rings. The van der Waals surface area contributed by atoms with E-state index in [9.17, 15) is 22.0 Å². The summed E-state index contributed by atoms with van der Waals surface area (Å²) in [6, 6.07) is 17.3. The van der Waals surface area contributed by atoms with Crippen LogP contribution in [0.15, 0.2) is 90.1 Å². The number of carbonyl (C=O) groups is 1. The van der Waals surface area contributed by atoms with Gasteiger partial charge in [0.15, 0.2) is 11.9 Å². The van der Waals surface area contributed by atoms with Crippen molar-refractivity contribution in [2.45, 2.75) is 12.0 Å². The van der Waals surface area contributed by atoms with E-state index in [1.54, 1.807) is 30.3 Å². The summed E-state index contributed by atoms with van der Waals surface area (Å²) in [5.41, 5.74) is 2.17. The molecule has 0 saturated carbocycles. The second-order valence-electron chi connectivity index (χ2n) is 7.62. The zero-order chi connectivity index (χ0) is 24.3. The number of hydrogen-bond donors (Lipinski definition) is 0. The van der Waals surface area contributed by atoms with Gasteiger partial charge in [-0.15, -0.1) is 0 Å². The predicted molar refractivity (Wildman–Crippen MR) is 122 cm³/mol. The number of rotatable bonds is 7. The largest absolute Gasteiger partial charge is 0.387 e. The van der Waals surface area contributed by atoms with Gasteiger partial charge in [0.2, 0.25) is 0 Å². The molecular formula is C25H19F2NO5S. The monoisotopic (exact) mass is 483 g/mol. The first-order chi connectivity index (χ1) is 16.2. The predicted octanol–water partition coefficient (Wildman–Crippen LogP) is 4.63. The maximum atomic E-state index is 13.4. The standard InChI is InChI=1S/C25H19F2NO5S/c1-34(30,31)33-21-12-6-17(7-13-21)24-23(15-14-22(29)16-2-8-19(26)9-3-16)32-28-25(24)18-4-10-20(27)11-5-18/h2-15,23-24H,1H3/b15-14+/t23-,24-/m1/s1. The topological polar surface area (TPSA) is 82.0 Å². The first-order valence-corrected chi connectivity index (χ1v) is 12.0. The Labute approximate surface area is 195 Å². The smallest absolute Gasteiger partial charge is 0.306 e. The Morgan fingerprint density at radius 1 is 0.941 bits per heavy atom. The highest BCUT2D eigenvalue weighted by molar-refractivity contribution is 7.86. The first kappa shape index (κ1) is 23.3.